The van der Waals surface area contributed by atoms with Crippen molar-refractivity contribution in [2.75, 3.05) is 0 Å². The molecule has 1 N–H and O–H groups in total. The first-order valence-electron chi connectivity index (χ1n) is 8.79. The summed E-state index contributed by atoms with van der Waals surface area (Å²) in [5.41, 5.74) is 0. The van der Waals surface area contributed by atoms with Crippen LogP contribution in [-0.2, 0) is 0 Å². The van der Waals surface area contributed by atoms with Crippen LogP contribution in [-0.4, -0.2) is 40.4 Å². The van der Waals surface area contributed by atoms with Crippen LogP contribution in [0.5, 0.6) is 0 Å². The van der Waals surface area contributed by atoms with Crippen LogP contribution in [0.25, 0.3) is 0 Å². The Morgan fingerprint density at radius 1 is 0.714 bits per heavy atom. The molecule has 21 heavy (non-hydrogen) atoms. The summed E-state index contributed by atoms with van der Waals surface area (Å²) in [6.07, 6.45) is 2.40. The molecule has 0 spiro atoms. The van der Waals surface area contributed by atoms with Gasteiger partial charge in [-0.1, -0.05) is 26.5 Å². The zero-order valence-corrected chi connectivity index (χ0v) is 17.0. The maximum atomic E-state index is 4.00. The molecule has 0 heterocycles. The molecule has 0 aromatic rings. The van der Waals surface area contributed by atoms with E-state index in [1.54, 1.807) is 0 Å². The zero-order valence-electron chi connectivity index (χ0n) is 16.1. The first-order valence-corrected chi connectivity index (χ1v) is 10.0. The van der Waals surface area contributed by atoms with Crippen LogP contribution < -0.4 is 5.00 Å². The Morgan fingerprint density at radius 3 is 1.19 bits per heavy atom. The van der Waals surface area contributed by atoms with E-state index in [0.29, 0.717) is 31.0 Å². The van der Waals surface area contributed by atoms with Gasteiger partial charge in [-0.2, -0.15) is 0 Å². The minimum Gasteiger partial charge on any atom is -0.310 e. The Kier molecular flexibility index (Phi) is 10.4. The first-order chi connectivity index (χ1) is 9.67. The van der Waals surface area contributed by atoms with E-state index in [0.717, 1.165) is 0 Å². The molecule has 5 heteroatoms. The SMILES string of the molecule is CCB(CC)NP(N(C(C)C)C(C)C)N(C(C)C)C(C)C. The van der Waals surface area contributed by atoms with E-state index in [1.807, 2.05) is 0 Å². The molecule has 0 aromatic heterocycles. The molecule has 0 radical (unpaired) electrons. The molecule has 0 saturated carbocycles. The lowest BCUT2D eigenvalue weighted by molar-refractivity contribution is 0.254. The van der Waals surface area contributed by atoms with Crippen molar-refractivity contribution in [1.82, 2.24) is 14.3 Å². The molecule has 0 fully saturated rings. The lowest BCUT2D eigenvalue weighted by atomic mass is 9.59. The molecule has 0 unspecified atom stereocenters. The van der Waals surface area contributed by atoms with Gasteiger partial charge in [0.2, 0.25) is 6.85 Å². The van der Waals surface area contributed by atoms with Crippen LogP contribution in [0.2, 0.25) is 12.6 Å². The minimum atomic E-state index is -0.480. The third kappa shape index (κ3) is 6.56. The average molecular weight is 315 g/mol. The topological polar surface area (TPSA) is 18.5 Å². The highest BCUT2D eigenvalue weighted by molar-refractivity contribution is 7.52. The van der Waals surface area contributed by atoms with Gasteiger partial charge in [0.25, 0.3) is 0 Å². The molecular weight excluding hydrogens is 276 g/mol. The molecule has 0 amide bonds. The molecule has 0 rings (SSSR count). The average Bonchev–Trinajstić information content (AvgIpc) is 2.33. The third-order valence-electron chi connectivity index (χ3n) is 3.84. The Morgan fingerprint density at radius 2 is 1.00 bits per heavy atom. The summed E-state index contributed by atoms with van der Waals surface area (Å²) in [6.45, 7) is 23.8. The second-order valence-electron chi connectivity index (χ2n) is 7.07. The van der Waals surface area contributed by atoms with Gasteiger partial charge in [0.05, 0.1) is 0 Å². The van der Waals surface area contributed by atoms with Crippen molar-refractivity contribution in [3.05, 3.63) is 0 Å². The van der Waals surface area contributed by atoms with Gasteiger partial charge >= 0.3 is 0 Å². The van der Waals surface area contributed by atoms with Crippen LogP contribution in [0.3, 0.4) is 0 Å². The smallest absolute Gasteiger partial charge is 0.226 e. The molecule has 0 aliphatic carbocycles. The van der Waals surface area contributed by atoms with Gasteiger partial charge in [-0.05, 0) is 55.4 Å². The van der Waals surface area contributed by atoms with Crippen molar-refractivity contribution in [2.45, 2.75) is 106 Å². The number of rotatable bonds is 10. The van der Waals surface area contributed by atoms with Crippen molar-refractivity contribution in [1.29, 1.82) is 0 Å². The van der Waals surface area contributed by atoms with Gasteiger partial charge in [0.15, 0.2) is 0 Å². The van der Waals surface area contributed by atoms with Crippen molar-refractivity contribution in [3.8, 4) is 0 Å². The van der Waals surface area contributed by atoms with Crippen LogP contribution in [0.15, 0.2) is 0 Å². The molecule has 126 valence electrons. The van der Waals surface area contributed by atoms with Gasteiger partial charge < -0.3 is 5.00 Å². The molecule has 0 atom stereocenters. The van der Waals surface area contributed by atoms with Gasteiger partial charge in [-0.25, -0.2) is 0 Å². The summed E-state index contributed by atoms with van der Waals surface area (Å²) in [5.74, 6) is 0. The van der Waals surface area contributed by atoms with Crippen molar-refractivity contribution in [2.24, 2.45) is 0 Å². The van der Waals surface area contributed by atoms with E-state index < -0.39 is 8.37 Å². The zero-order chi connectivity index (χ0) is 16.7. The van der Waals surface area contributed by atoms with E-state index in [2.05, 4.69) is 83.6 Å². The van der Waals surface area contributed by atoms with E-state index in [4.69, 9.17) is 0 Å². The van der Waals surface area contributed by atoms with Crippen molar-refractivity contribution < 1.29 is 0 Å². The summed E-state index contributed by atoms with van der Waals surface area (Å²) in [6, 6.07) is 2.21. The maximum Gasteiger partial charge on any atom is 0.226 e. The van der Waals surface area contributed by atoms with Gasteiger partial charge in [-0.3, -0.25) is 9.34 Å². The van der Waals surface area contributed by atoms with E-state index in [1.165, 1.54) is 12.6 Å². The number of hydrogen-bond donors (Lipinski definition) is 1. The molecule has 0 aromatic carbocycles. The van der Waals surface area contributed by atoms with Gasteiger partial charge in [0, 0.05) is 24.2 Å². The molecule has 0 bridgehead atoms. The Labute approximate surface area is 136 Å². The largest absolute Gasteiger partial charge is 0.310 e. The molecule has 0 saturated heterocycles. The summed E-state index contributed by atoms with van der Waals surface area (Å²) < 4.78 is 5.35. The normalized spacial score (nSPS) is 13.0. The fraction of sp³-hybridized carbons (Fsp3) is 1.00. The van der Waals surface area contributed by atoms with Crippen LogP contribution >= 0.6 is 8.37 Å². The summed E-state index contributed by atoms with van der Waals surface area (Å²) in [7, 11) is -0.480. The van der Waals surface area contributed by atoms with E-state index in [-0.39, 0.29) is 0 Å². The maximum absolute atomic E-state index is 4.00. The predicted molar refractivity (Wildman–Crippen MR) is 101 cm³/mol. The molecule has 3 nitrogen and oxygen atoms in total. The number of hydrogen-bond acceptors (Lipinski definition) is 3. The number of nitrogens with one attached hydrogen (secondary N) is 1. The lowest BCUT2D eigenvalue weighted by Gasteiger charge is -2.48. The molecule has 0 aliphatic rings. The van der Waals surface area contributed by atoms with E-state index in [9.17, 15) is 0 Å². The molecule has 0 aliphatic heterocycles. The van der Waals surface area contributed by atoms with Crippen molar-refractivity contribution >= 4 is 15.2 Å². The van der Waals surface area contributed by atoms with Crippen LogP contribution in [0.4, 0.5) is 0 Å². The second kappa shape index (κ2) is 10.2. The minimum absolute atomic E-state index is 0.480. The Hall–Kier alpha value is 0.375. The standard InChI is InChI=1S/C16H39BN3P/c1-11-17(12-2)18-21(19(13(3)4)14(5)6)20(15(7)8)16(9)10/h13-16,18H,11-12H2,1-10H3. The quantitative estimate of drug-likeness (QED) is 0.448. The Balaban J connectivity index is 5.50. The summed E-state index contributed by atoms with van der Waals surface area (Å²) in [5, 5.41) is 0. The monoisotopic (exact) mass is 315 g/mol. The van der Waals surface area contributed by atoms with Crippen molar-refractivity contribution in [3.63, 3.8) is 0 Å². The highest BCUT2D eigenvalue weighted by atomic mass is 31.1. The fourth-order valence-corrected chi connectivity index (χ4v) is 5.90. The number of nitrogens with zero attached hydrogens (tertiary/aromatic N) is 2. The summed E-state index contributed by atoms with van der Waals surface area (Å²) >= 11 is 0. The van der Waals surface area contributed by atoms with E-state index >= 15 is 0 Å². The van der Waals surface area contributed by atoms with Gasteiger partial charge in [0.1, 0.15) is 8.37 Å². The summed E-state index contributed by atoms with van der Waals surface area (Å²) in [4.78, 5) is 4.00. The van der Waals surface area contributed by atoms with Crippen LogP contribution in [0, 0.1) is 0 Å². The fourth-order valence-electron chi connectivity index (χ4n) is 2.95. The Bertz CT molecular complexity index is 232. The highest BCUT2D eigenvalue weighted by Gasteiger charge is 2.34. The second-order valence-corrected chi connectivity index (χ2v) is 8.83. The molecular formula is C16H39BN3P. The van der Waals surface area contributed by atoms with Gasteiger partial charge in [-0.15, -0.1) is 0 Å². The highest BCUT2D eigenvalue weighted by Crippen LogP contribution is 2.46. The predicted octanol–water partition coefficient (Wildman–Crippen LogP) is 5.07. The first kappa shape index (κ1) is 21.4. The third-order valence-corrected chi connectivity index (χ3v) is 7.16. The van der Waals surface area contributed by atoms with Crippen LogP contribution in [0.1, 0.15) is 69.2 Å². The lowest BCUT2D eigenvalue weighted by Crippen LogP contribution is -2.49.